The first-order valence-corrected chi connectivity index (χ1v) is 9.46. The van der Waals surface area contributed by atoms with E-state index in [1.807, 2.05) is 55.5 Å². The van der Waals surface area contributed by atoms with E-state index < -0.39 is 0 Å². The minimum Gasteiger partial charge on any atom is -0.370 e. The van der Waals surface area contributed by atoms with Crippen molar-refractivity contribution in [2.24, 2.45) is 0 Å². The molecule has 3 rings (SSSR count). The van der Waals surface area contributed by atoms with Crippen molar-refractivity contribution in [3.05, 3.63) is 53.6 Å². The van der Waals surface area contributed by atoms with Crippen molar-refractivity contribution < 1.29 is 4.79 Å². The van der Waals surface area contributed by atoms with Crippen LogP contribution >= 0.6 is 23.4 Å². The van der Waals surface area contributed by atoms with Crippen molar-refractivity contribution in [1.82, 2.24) is 0 Å². The average molecular weight is 361 g/mol. The summed E-state index contributed by atoms with van der Waals surface area (Å²) in [6.45, 7) is 3.98. The number of rotatable bonds is 5. The van der Waals surface area contributed by atoms with Crippen LogP contribution in [0.1, 0.15) is 19.8 Å². The van der Waals surface area contributed by atoms with E-state index in [1.54, 1.807) is 11.8 Å². The molecule has 0 aromatic heterocycles. The number of hydrogen-bond donors (Lipinski definition) is 1. The fourth-order valence-electron chi connectivity index (χ4n) is 2.83. The molecule has 1 aliphatic rings. The molecule has 3 nitrogen and oxygen atoms in total. The van der Waals surface area contributed by atoms with Gasteiger partial charge in [-0.2, -0.15) is 0 Å². The zero-order valence-electron chi connectivity index (χ0n) is 13.7. The number of carbonyl (C=O) groups is 1. The number of carbonyl (C=O) groups excluding carboxylic acids is 1. The summed E-state index contributed by atoms with van der Waals surface area (Å²) >= 11 is 7.70. The molecule has 2 aromatic rings. The van der Waals surface area contributed by atoms with Gasteiger partial charge in [-0.3, -0.25) is 4.79 Å². The van der Waals surface area contributed by atoms with Gasteiger partial charge in [0.25, 0.3) is 0 Å². The Morgan fingerprint density at radius 1 is 1.17 bits per heavy atom. The fourth-order valence-corrected chi connectivity index (χ4v) is 3.89. The Kier molecular flexibility index (Phi) is 5.69. The van der Waals surface area contributed by atoms with Gasteiger partial charge in [-0.25, -0.2) is 0 Å². The first-order valence-electron chi connectivity index (χ1n) is 8.20. The van der Waals surface area contributed by atoms with E-state index in [0.717, 1.165) is 29.4 Å². The zero-order chi connectivity index (χ0) is 16.9. The van der Waals surface area contributed by atoms with E-state index in [1.165, 1.54) is 12.8 Å². The molecule has 0 saturated carbocycles. The van der Waals surface area contributed by atoms with Crippen LogP contribution in [-0.2, 0) is 4.79 Å². The molecule has 24 heavy (non-hydrogen) atoms. The number of hydrogen-bond acceptors (Lipinski definition) is 3. The van der Waals surface area contributed by atoms with E-state index in [4.69, 9.17) is 11.6 Å². The molecule has 1 fully saturated rings. The molecule has 1 aliphatic heterocycles. The van der Waals surface area contributed by atoms with Crippen molar-refractivity contribution in [3.8, 4) is 0 Å². The van der Waals surface area contributed by atoms with Crippen LogP contribution < -0.4 is 10.2 Å². The van der Waals surface area contributed by atoms with Gasteiger partial charge in [-0.15, -0.1) is 11.8 Å². The highest BCUT2D eigenvalue weighted by molar-refractivity contribution is 8.00. The molecular weight excluding hydrogens is 340 g/mol. The summed E-state index contributed by atoms with van der Waals surface area (Å²) in [6, 6.07) is 15.7. The van der Waals surface area contributed by atoms with Crippen LogP contribution in [0, 0.1) is 0 Å². The van der Waals surface area contributed by atoms with Crippen LogP contribution in [0.25, 0.3) is 0 Å². The third-order valence-corrected chi connectivity index (χ3v) is 5.44. The Morgan fingerprint density at radius 3 is 2.58 bits per heavy atom. The van der Waals surface area contributed by atoms with Gasteiger partial charge in [0.2, 0.25) is 5.91 Å². The Morgan fingerprint density at radius 2 is 1.88 bits per heavy atom. The number of thioether (sulfide) groups is 1. The molecule has 1 unspecified atom stereocenters. The van der Waals surface area contributed by atoms with E-state index in [2.05, 4.69) is 10.2 Å². The molecule has 126 valence electrons. The largest absolute Gasteiger partial charge is 0.370 e. The topological polar surface area (TPSA) is 32.3 Å². The van der Waals surface area contributed by atoms with Gasteiger partial charge in [-0.05, 0) is 50.1 Å². The molecular formula is C19H21ClN2OS. The van der Waals surface area contributed by atoms with Crippen LogP contribution in [0.2, 0.25) is 5.02 Å². The quantitative estimate of drug-likeness (QED) is 0.756. The van der Waals surface area contributed by atoms with Crippen molar-refractivity contribution in [2.45, 2.75) is 29.9 Å². The fraction of sp³-hybridized carbons (Fsp3) is 0.316. The van der Waals surface area contributed by atoms with Crippen LogP contribution in [-0.4, -0.2) is 24.2 Å². The van der Waals surface area contributed by atoms with E-state index in [9.17, 15) is 4.79 Å². The number of nitrogens with one attached hydrogen (secondary N) is 1. The van der Waals surface area contributed by atoms with E-state index >= 15 is 0 Å². The van der Waals surface area contributed by atoms with Crippen molar-refractivity contribution in [1.29, 1.82) is 0 Å². The summed E-state index contributed by atoms with van der Waals surface area (Å²) in [5.41, 5.74) is 1.86. The summed E-state index contributed by atoms with van der Waals surface area (Å²) < 4.78 is 0. The minimum atomic E-state index is -0.183. The highest BCUT2D eigenvalue weighted by atomic mass is 35.5. The number of nitrogens with zero attached hydrogens (tertiary/aromatic N) is 1. The summed E-state index contributed by atoms with van der Waals surface area (Å²) in [7, 11) is 0. The monoisotopic (exact) mass is 360 g/mol. The third-order valence-electron chi connectivity index (χ3n) is 4.09. The van der Waals surface area contributed by atoms with Crippen LogP contribution in [0.5, 0.6) is 0 Å². The first kappa shape index (κ1) is 17.2. The lowest BCUT2D eigenvalue weighted by Crippen LogP contribution is -2.25. The third kappa shape index (κ3) is 4.25. The predicted molar refractivity (Wildman–Crippen MR) is 103 cm³/mol. The second kappa shape index (κ2) is 7.95. The van der Waals surface area contributed by atoms with Crippen LogP contribution in [0.4, 0.5) is 11.4 Å². The smallest absolute Gasteiger partial charge is 0.237 e. The van der Waals surface area contributed by atoms with Gasteiger partial charge in [0.1, 0.15) is 0 Å². The lowest BCUT2D eigenvalue weighted by Gasteiger charge is -2.22. The van der Waals surface area contributed by atoms with Crippen molar-refractivity contribution in [2.75, 3.05) is 23.3 Å². The van der Waals surface area contributed by atoms with Crippen molar-refractivity contribution >= 4 is 40.6 Å². The van der Waals surface area contributed by atoms with Crippen LogP contribution in [0.15, 0.2) is 53.4 Å². The molecule has 0 aliphatic carbocycles. The van der Waals surface area contributed by atoms with Gasteiger partial charge in [-0.1, -0.05) is 29.8 Å². The number of benzene rings is 2. The van der Waals surface area contributed by atoms with Gasteiger partial charge in [0.15, 0.2) is 0 Å². The molecule has 1 heterocycles. The van der Waals surface area contributed by atoms with Gasteiger partial charge in [0.05, 0.1) is 16.6 Å². The molecule has 1 atom stereocenters. The Bertz CT molecular complexity index is 702. The van der Waals surface area contributed by atoms with E-state index in [-0.39, 0.29) is 11.2 Å². The van der Waals surface area contributed by atoms with Crippen LogP contribution in [0.3, 0.4) is 0 Å². The molecule has 1 amide bonds. The summed E-state index contributed by atoms with van der Waals surface area (Å²) in [4.78, 5) is 16.0. The molecule has 0 spiro atoms. The number of anilines is 2. The summed E-state index contributed by atoms with van der Waals surface area (Å²) in [5, 5.41) is 3.52. The standard InChI is InChI=1S/C19H21ClN2OS/c1-14(24-16-7-3-2-4-8-16)19(23)21-17-13-15(20)9-10-18(17)22-11-5-6-12-22/h2-4,7-10,13-14H,5-6,11-12H2,1H3,(H,21,23). The highest BCUT2D eigenvalue weighted by Gasteiger charge is 2.20. The molecule has 2 aromatic carbocycles. The maximum Gasteiger partial charge on any atom is 0.237 e. The molecule has 0 radical (unpaired) electrons. The molecule has 5 heteroatoms. The first-order chi connectivity index (χ1) is 11.6. The molecule has 1 saturated heterocycles. The lowest BCUT2D eigenvalue weighted by atomic mass is 10.2. The average Bonchev–Trinajstić information content (AvgIpc) is 3.10. The second-order valence-electron chi connectivity index (χ2n) is 5.92. The predicted octanol–water partition coefficient (Wildman–Crippen LogP) is 5.06. The number of amides is 1. The van der Waals surface area contributed by atoms with Gasteiger partial charge >= 0.3 is 0 Å². The molecule has 1 N–H and O–H groups in total. The Hall–Kier alpha value is -1.65. The minimum absolute atomic E-state index is 0.00781. The van der Waals surface area contributed by atoms with Gasteiger partial charge < -0.3 is 10.2 Å². The normalized spacial score (nSPS) is 15.3. The Balaban J connectivity index is 1.72. The second-order valence-corrected chi connectivity index (χ2v) is 7.77. The zero-order valence-corrected chi connectivity index (χ0v) is 15.2. The Labute approximate surface area is 152 Å². The number of halogens is 1. The summed E-state index contributed by atoms with van der Waals surface area (Å²) in [5.74, 6) is -0.00781. The summed E-state index contributed by atoms with van der Waals surface area (Å²) in [6.07, 6.45) is 2.38. The SMILES string of the molecule is CC(Sc1ccccc1)C(=O)Nc1cc(Cl)ccc1N1CCCC1. The van der Waals surface area contributed by atoms with Crippen molar-refractivity contribution in [3.63, 3.8) is 0 Å². The maximum absolute atomic E-state index is 12.6. The highest BCUT2D eigenvalue weighted by Crippen LogP contribution is 2.32. The molecule has 0 bridgehead atoms. The maximum atomic E-state index is 12.6. The lowest BCUT2D eigenvalue weighted by molar-refractivity contribution is -0.115. The van der Waals surface area contributed by atoms with Gasteiger partial charge in [0, 0.05) is 23.0 Å². The van der Waals surface area contributed by atoms with E-state index in [0.29, 0.717) is 5.02 Å².